The minimum absolute atomic E-state index is 0.0110. The molecule has 0 fully saturated rings. The number of rotatable bonds is 3. The molecule has 90 valence electrons. The van der Waals surface area contributed by atoms with Crippen LogP contribution in [0.15, 0.2) is 22.0 Å². The van der Waals surface area contributed by atoms with Crippen molar-refractivity contribution in [2.75, 3.05) is 12.3 Å². The fraction of sp³-hybridized carbons (Fsp3) is 0.273. The molecule has 1 heterocycles. The van der Waals surface area contributed by atoms with Gasteiger partial charge in [-0.05, 0) is 30.7 Å². The number of carboxylic acids is 1. The summed E-state index contributed by atoms with van der Waals surface area (Å²) in [4.78, 5) is 15.6. The Morgan fingerprint density at radius 2 is 2.29 bits per heavy atom. The summed E-state index contributed by atoms with van der Waals surface area (Å²) in [7, 11) is 0. The van der Waals surface area contributed by atoms with E-state index in [0.717, 1.165) is 10.5 Å². The van der Waals surface area contributed by atoms with Gasteiger partial charge in [0.25, 0.3) is 0 Å². The Hall–Kier alpha value is -1.53. The van der Waals surface area contributed by atoms with E-state index in [4.69, 9.17) is 10.8 Å². The number of phenols is 1. The minimum atomic E-state index is -1.05. The van der Waals surface area contributed by atoms with Crippen LogP contribution in [0.5, 0.6) is 5.75 Å². The molecule has 6 heteroatoms. The van der Waals surface area contributed by atoms with Crippen LogP contribution in [-0.4, -0.2) is 34.2 Å². The van der Waals surface area contributed by atoms with Crippen molar-refractivity contribution in [3.05, 3.63) is 17.7 Å². The Bertz CT molecular complexity index is 500. The number of hydrogen-bond donors (Lipinski definition) is 3. The summed E-state index contributed by atoms with van der Waals surface area (Å²) in [5, 5.41) is 18.7. The van der Waals surface area contributed by atoms with Gasteiger partial charge in [-0.1, -0.05) is 0 Å². The lowest BCUT2D eigenvalue weighted by atomic mass is 10.1. The van der Waals surface area contributed by atoms with Crippen molar-refractivity contribution in [2.24, 2.45) is 10.7 Å². The average molecular weight is 252 g/mol. The molecule has 0 spiro atoms. The normalized spacial score (nSPS) is 14.1. The maximum Gasteiger partial charge on any atom is 0.351 e. The molecule has 5 nitrogen and oxygen atoms in total. The molecule has 0 unspecified atom stereocenters. The third-order valence-corrected chi connectivity index (χ3v) is 3.45. The number of phenolic OH excluding ortho intramolecular Hbond substituents is 1. The molecule has 17 heavy (non-hydrogen) atoms. The number of carbonyl (C=O) groups is 1. The standard InChI is InChI=1S/C11H12N2O3S/c12-2-1-6-3-8(14)10-9(4-6)17-5-7(13-10)11(15)16/h3-4,14H,1-2,5,12H2,(H,15,16). The number of nitrogens with two attached hydrogens (primary N) is 1. The van der Waals surface area contributed by atoms with Crippen LogP contribution < -0.4 is 5.73 Å². The predicted molar refractivity (Wildman–Crippen MR) is 66.3 cm³/mol. The van der Waals surface area contributed by atoms with E-state index < -0.39 is 5.97 Å². The van der Waals surface area contributed by atoms with Crippen molar-refractivity contribution in [2.45, 2.75) is 11.3 Å². The van der Waals surface area contributed by atoms with Crippen molar-refractivity contribution in [3.8, 4) is 5.75 Å². The number of fused-ring (bicyclic) bond motifs is 1. The molecule has 0 bridgehead atoms. The molecule has 0 amide bonds. The summed E-state index contributed by atoms with van der Waals surface area (Å²) in [6.45, 7) is 0.506. The first kappa shape index (κ1) is 11.9. The Morgan fingerprint density at radius 1 is 1.53 bits per heavy atom. The number of aromatic hydroxyl groups is 1. The van der Waals surface area contributed by atoms with Gasteiger partial charge in [0.15, 0.2) is 0 Å². The summed E-state index contributed by atoms with van der Waals surface area (Å²) in [6.07, 6.45) is 0.677. The first-order chi connectivity index (χ1) is 8.11. The molecule has 1 aromatic rings. The zero-order valence-electron chi connectivity index (χ0n) is 9.01. The number of hydrogen-bond acceptors (Lipinski definition) is 5. The molecule has 1 aromatic carbocycles. The lowest BCUT2D eigenvalue weighted by molar-refractivity contribution is -0.129. The van der Waals surface area contributed by atoms with E-state index >= 15 is 0 Å². The number of benzene rings is 1. The monoisotopic (exact) mass is 252 g/mol. The van der Waals surface area contributed by atoms with Gasteiger partial charge >= 0.3 is 5.97 Å². The molecule has 0 radical (unpaired) electrons. The van der Waals surface area contributed by atoms with Crippen LogP contribution in [0.25, 0.3) is 0 Å². The van der Waals surface area contributed by atoms with Crippen LogP contribution in [0.4, 0.5) is 5.69 Å². The van der Waals surface area contributed by atoms with Gasteiger partial charge in [0, 0.05) is 10.6 Å². The molecule has 1 aliphatic rings. The van der Waals surface area contributed by atoms with Crippen molar-refractivity contribution >= 4 is 29.1 Å². The Balaban J connectivity index is 2.43. The van der Waals surface area contributed by atoms with Crippen molar-refractivity contribution in [3.63, 3.8) is 0 Å². The first-order valence-corrected chi connectivity index (χ1v) is 6.10. The Morgan fingerprint density at radius 3 is 2.94 bits per heavy atom. The Labute approximate surface area is 102 Å². The fourth-order valence-electron chi connectivity index (χ4n) is 1.60. The smallest absolute Gasteiger partial charge is 0.351 e. The zero-order valence-corrected chi connectivity index (χ0v) is 9.83. The first-order valence-electron chi connectivity index (χ1n) is 5.11. The molecule has 2 rings (SSSR count). The zero-order chi connectivity index (χ0) is 12.4. The van der Waals surface area contributed by atoms with Crippen molar-refractivity contribution in [1.82, 2.24) is 0 Å². The van der Waals surface area contributed by atoms with Crippen LogP contribution in [0.1, 0.15) is 5.56 Å². The molecule has 0 aromatic heterocycles. The number of carboxylic acid groups (broad SMARTS) is 1. The minimum Gasteiger partial charge on any atom is -0.506 e. The quantitative estimate of drug-likeness (QED) is 0.750. The third kappa shape index (κ3) is 2.42. The Kier molecular flexibility index (Phi) is 3.35. The average Bonchev–Trinajstić information content (AvgIpc) is 2.29. The summed E-state index contributed by atoms with van der Waals surface area (Å²) in [6, 6.07) is 3.48. The van der Waals surface area contributed by atoms with Crippen molar-refractivity contribution < 1.29 is 15.0 Å². The van der Waals surface area contributed by atoms with E-state index in [1.165, 1.54) is 11.8 Å². The lowest BCUT2D eigenvalue weighted by Gasteiger charge is -2.15. The SMILES string of the molecule is NCCc1cc(O)c2c(c1)SCC(C(=O)O)=N2. The summed E-state index contributed by atoms with van der Waals surface area (Å²) in [5.74, 6) is -0.723. The van der Waals surface area contributed by atoms with E-state index in [1.807, 2.05) is 6.07 Å². The largest absolute Gasteiger partial charge is 0.506 e. The van der Waals surface area contributed by atoms with Gasteiger partial charge in [-0.15, -0.1) is 11.8 Å². The number of aliphatic imine (C=N–C) groups is 1. The molecular weight excluding hydrogens is 240 g/mol. The van der Waals surface area contributed by atoms with E-state index in [2.05, 4.69) is 4.99 Å². The van der Waals surface area contributed by atoms with Crippen LogP contribution in [0.3, 0.4) is 0 Å². The highest BCUT2D eigenvalue weighted by atomic mass is 32.2. The second kappa shape index (κ2) is 4.77. The van der Waals surface area contributed by atoms with Gasteiger partial charge in [0.2, 0.25) is 0 Å². The maximum absolute atomic E-state index is 10.8. The highest BCUT2D eigenvalue weighted by molar-refractivity contribution is 8.00. The van der Waals surface area contributed by atoms with Gasteiger partial charge in [0.1, 0.15) is 17.1 Å². The van der Waals surface area contributed by atoms with Gasteiger partial charge in [-0.3, -0.25) is 0 Å². The van der Waals surface area contributed by atoms with Crippen LogP contribution >= 0.6 is 11.8 Å². The highest BCUT2D eigenvalue weighted by Crippen LogP contribution is 2.41. The maximum atomic E-state index is 10.8. The van der Waals surface area contributed by atoms with Gasteiger partial charge in [-0.2, -0.15) is 0 Å². The number of aliphatic carboxylic acids is 1. The van der Waals surface area contributed by atoms with E-state index in [1.54, 1.807) is 6.07 Å². The molecule has 0 aliphatic carbocycles. The molecule has 0 saturated heterocycles. The lowest BCUT2D eigenvalue weighted by Crippen LogP contribution is -2.17. The molecule has 0 saturated carbocycles. The topological polar surface area (TPSA) is 95.9 Å². The summed E-state index contributed by atoms with van der Waals surface area (Å²) < 4.78 is 0. The predicted octanol–water partition coefficient (Wildman–Crippen LogP) is 1.16. The second-order valence-electron chi connectivity index (χ2n) is 3.65. The second-order valence-corrected chi connectivity index (χ2v) is 4.67. The summed E-state index contributed by atoms with van der Waals surface area (Å²) >= 11 is 1.37. The van der Waals surface area contributed by atoms with Crippen LogP contribution in [-0.2, 0) is 11.2 Å². The van der Waals surface area contributed by atoms with Crippen LogP contribution in [0, 0.1) is 0 Å². The molecule has 1 aliphatic heterocycles. The molecular formula is C11H12N2O3S. The van der Waals surface area contributed by atoms with Gasteiger partial charge in [0.05, 0.1) is 0 Å². The molecule has 4 N–H and O–H groups in total. The third-order valence-electron chi connectivity index (χ3n) is 2.41. The number of nitrogens with zero attached hydrogens (tertiary/aromatic N) is 1. The van der Waals surface area contributed by atoms with Gasteiger partial charge in [-0.25, -0.2) is 9.79 Å². The van der Waals surface area contributed by atoms with Gasteiger partial charge < -0.3 is 15.9 Å². The van der Waals surface area contributed by atoms with E-state index in [9.17, 15) is 9.90 Å². The van der Waals surface area contributed by atoms with E-state index in [-0.39, 0.29) is 11.5 Å². The van der Waals surface area contributed by atoms with E-state index in [0.29, 0.717) is 24.4 Å². The summed E-state index contributed by atoms with van der Waals surface area (Å²) in [5.41, 5.74) is 6.80. The highest BCUT2D eigenvalue weighted by Gasteiger charge is 2.20. The van der Waals surface area contributed by atoms with Crippen molar-refractivity contribution in [1.29, 1.82) is 0 Å². The number of thioether (sulfide) groups is 1. The van der Waals surface area contributed by atoms with Crippen LogP contribution in [0.2, 0.25) is 0 Å². The molecule has 0 atom stereocenters. The fourth-order valence-corrected chi connectivity index (χ4v) is 2.61.